The van der Waals surface area contributed by atoms with Gasteiger partial charge in [0.2, 0.25) is 0 Å². The predicted octanol–water partition coefficient (Wildman–Crippen LogP) is 5.12. The van der Waals surface area contributed by atoms with Gasteiger partial charge in [-0.15, -0.1) is 11.3 Å². The molecule has 0 aliphatic heterocycles. The normalized spacial score (nSPS) is 13.2. The first-order chi connectivity index (χ1) is 14.5. The highest BCUT2D eigenvalue weighted by Crippen LogP contribution is 2.39. The average molecular weight is 489 g/mol. The van der Waals surface area contributed by atoms with Crippen molar-refractivity contribution in [3.05, 3.63) is 49.8 Å². The zero-order valence-corrected chi connectivity index (χ0v) is 19.1. The second-order valence-electron chi connectivity index (χ2n) is 6.65. The van der Waals surface area contributed by atoms with E-state index < -0.39 is 11.9 Å². The lowest BCUT2D eigenvalue weighted by atomic mass is 9.95. The van der Waals surface area contributed by atoms with Crippen LogP contribution >= 0.6 is 27.3 Å². The van der Waals surface area contributed by atoms with Gasteiger partial charge < -0.3 is 14.8 Å². The lowest BCUT2D eigenvalue weighted by Crippen LogP contribution is -2.16. The van der Waals surface area contributed by atoms with Crippen LogP contribution in [-0.2, 0) is 22.4 Å². The van der Waals surface area contributed by atoms with E-state index in [4.69, 9.17) is 9.47 Å². The van der Waals surface area contributed by atoms with Gasteiger partial charge in [0.15, 0.2) is 0 Å². The number of benzene rings is 1. The predicted molar refractivity (Wildman–Crippen MR) is 120 cm³/mol. The molecule has 1 aliphatic rings. The number of methoxy groups -OCH3 is 1. The highest BCUT2D eigenvalue weighted by Gasteiger charge is 2.27. The number of hydrogen-bond acceptors (Lipinski definition) is 6. The van der Waals surface area contributed by atoms with Crippen LogP contribution in [0.4, 0.5) is 5.00 Å². The summed E-state index contributed by atoms with van der Waals surface area (Å²) in [4.78, 5) is 26.5. The highest BCUT2D eigenvalue weighted by molar-refractivity contribution is 9.10. The van der Waals surface area contributed by atoms with Crippen molar-refractivity contribution in [3.8, 4) is 11.8 Å². The molecule has 156 valence electrons. The van der Waals surface area contributed by atoms with E-state index >= 15 is 0 Å². The number of thiophene rings is 1. The van der Waals surface area contributed by atoms with Crippen LogP contribution in [-0.4, -0.2) is 25.6 Å². The number of ether oxygens (including phenoxy) is 2. The van der Waals surface area contributed by atoms with Crippen molar-refractivity contribution in [1.82, 2.24) is 0 Å². The van der Waals surface area contributed by atoms with E-state index in [9.17, 15) is 14.9 Å². The molecule has 0 saturated heterocycles. The van der Waals surface area contributed by atoms with Gasteiger partial charge in [-0.2, -0.15) is 5.26 Å². The third-order valence-electron chi connectivity index (χ3n) is 4.73. The van der Waals surface area contributed by atoms with E-state index in [1.54, 1.807) is 32.2 Å². The third-order valence-corrected chi connectivity index (χ3v) is 6.56. The minimum atomic E-state index is -0.561. The van der Waals surface area contributed by atoms with Crippen molar-refractivity contribution in [3.63, 3.8) is 0 Å². The lowest BCUT2D eigenvalue weighted by Gasteiger charge is -2.12. The number of rotatable bonds is 6. The van der Waals surface area contributed by atoms with E-state index in [-0.39, 0.29) is 12.2 Å². The summed E-state index contributed by atoms with van der Waals surface area (Å²) in [6.45, 7) is 2.00. The van der Waals surface area contributed by atoms with Crippen molar-refractivity contribution in [2.45, 2.75) is 32.6 Å². The molecule has 1 heterocycles. The number of anilines is 1. The molecule has 0 saturated carbocycles. The fourth-order valence-electron chi connectivity index (χ4n) is 3.33. The minimum absolute atomic E-state index is 0.0618. The quantitative estimate of drug-likeness (QED) is 0.346. The molecule has 6 nitrogen and oxygen atoms in total. The van der Waals surface area contributed by atoms with Gasteiger partial charge in [-0.1, -0.05) is 6.07 Å². The smallest absolute Gasteiger partial charge is 0.341 e. The maximum Gasteiger partial charge on any atom is 0.341 e. The van der Waals surface area contributed by atoms with Crippen LogP contribution in [0.3, 0.4) is 0 Å². The SMILES string of the molecule is CCOC(=O)c1c(NC(=O)/C(C#N)=C/c2ccc(OC)c(Br)c2)sc2c1CCCC2. The molecule has 1 aromatic carbocycles. The molecule has 2 aromatic rings. The van der Waals surface area contributed by atoms with Crippen LogP contribution in [0.15, 0.2) is 28.2 Å². The summed E-state index contributed by atoms with van der Waals surface area (Å²) in [7, 11) is 1.56. The van der Waals surface area contributed by atoms with Crippen molar-refractivity contribution in [2.75, 3.05) is 19.0 Å². The Morgan fingerprint density at radius 3 is 2.77 bits per heavy atom. The summed E-state index contributed by atoms with van der Waals surface area (Å²) in [5.74, 6) is -0.347. The van der Waals surface area contributed by atoms with Gasteiger partial charge in [0.25, 0.3) is 5.91 Å². The van der Waals surface area contributed by atoms with E-state index in [0.29, 0.717) is 26.4 Å². The van der Waals surface area contributed by atoms with Gasteiger partial charge in [-0.05, 0) is 77.9 Å². The number of carbonyl (C=O) groups excluding carboxylic acids is 2. The number of nitrogens with zero attached hydrogens (tertiary/aromatic N) is 1. The summed E-state index contributed by atoms with van der Waals surface area (Å²) in [6, 6.07) is 7.20. The number of esters is 1. The first-order valence-electron chi connectivity index (χ1n) is 9.56. The van der Waals surface area contributed by atoms with Crippen molar-refractivity contribution >= 4 is 50.2 Å². The number of fused-ring (bicyclic) bond motifs is 1. The molecule has 0 fully saturated rings. The molecular weight excluding hydrogens is 468 g/mol. The Morgan fingerprint density at radius 1 is 1.33 bits per heavy atom. The third kappa shape index (κ3) is 4.74. The molecule has 1 aromatic heterocycles. The standard InChI is InChI=1S/C22H21BrN2O4S/c1-3-29-22(27)19-15-6-4-5-7-18(15)30-21(19)25-20(26)14(12-24)10-13-8-9-17(28-2)16(23)11-13/h8-11H,3-7H2,1-2H3,(H,25,26)/b14-10+. The Hall–Kier alpha value is -2.63. The maximum atomic E-state index is 12.8. The van der Waals surface area contributed by atoms with Crippen LogP contribution in [0.5, 0.6) is 5.75 Å². The monoisotopic (exact) mass is 488 g/mol. The molecule has 0 radical (unpaired) electrons. The summed E-state index contributed by atoms with van der Waals surface area (Å²) < 4.78 is 11.1. The van der Waals surface area contributed by atoms with Gasteiger partial charge in [0, 0.05) is 4.88 Å². The number of carbonyl (C=O) groups is 2. The molecule has 0 bridgehead atoms. The molecule has 30 heavy (non-hydrogen) atoms. The van der Waals surface area contributed by atoms with Crippen molar-refractivity contribution in [1.29, 1.82) is 5.26 Å². The van der Waals surface area contributed by atoms with E-state index in [2.05, 4.69) is 21.2 Å². The number of hydrogen-bond donors (Lipinski definition) is 1. The van der Waals surface area contributed by atoms with Crippen molar-refractivity contribution in [2.24, 2.45) is 0 Å². The number of amides is 1. The van der Waals surface area contributed by atoms with Gasteiger partial charge in [-0.3, -0.25) is 4.79 Å². The fourth-order valence-corrected chi connectivity index (χ4v) is 5.16. The topological polar surface area (TPSA) is 88.4 Å². The number of nitrogens with one attached hydrogen (secondary N) is 1. The summed E-state index contributed by atoms with van der Waals surface area (Å²) in [5.41, 5.74) is 2.00. The Morgan fingerprint density at radius 2 is 2.10 bits per heavy atom. The molecule has 0 unspecified atom stereocenters. The molecule has 0 spiro atoms. The van der Waals surface area contributed by atoms with Crippen LogP contribution in [0.1, 0.15) is 46.1 Å². The van der Waals surface area contributed by atoms with E-state index in [0.717, 1.165) is 36.1 Å². The minimum Gasteiger partial charge on any atom is -0.496 e. The molecular formula is C22H21BrN2O4S. The largest absolute Gasteiger partial charge is 0.496 e. The second kappa shape index (κ2) is 9.92. The van der Waals surface area contributed by atoms with E-state index in [1.165, 1.54) is 17.4 Å². The molecule has 3 rings (SSSR count). The number of nitriles is 1. The Bertz CT molecular complexity index is 1050. The van der Waals surface area contributed by atoms with Gasteiger partial charge in [-0.25, -0.2) is 4.79 Å². The summed E-state index contributed by atoms with van der Waals surface area (Å²) in [5, 5.41) is 12.7. The number of halogens is 1. The van der Waals surface area contributed by atoms with Crippen LogP contribution < -0.4 is 10.1 Å². The van der Waals surface area contributed by atoms with Crippen LogP contribution in [0, 0.1) is 11.3 Å². The summed E-state index contributed by atoms with van der Waals surface area (Å²) in [6.07, 6.45) is 5.22. The van der Waals surface area contributed by atoms with Gasteiger partial charge in [0.05, 0.1) is 23.8 Å². The second-order valence-corrected chi connectivity index (χ2v) is 8.61. The first kappa shape index (κ1) is 22.1. The zero-order valence-electron chi connectivity index (χ0n) is 16.7. The lowest BCUT2D eigenvalue weighted by molar-refractivity contribution is -0.112. The Labute approximate surface area is 187 Å². The Balaban J connectivity index is 1.90. The van der Waals surface area contributed by atoms with Crippen LogP contribution in [0.25, 0.3) is 6.08 Å². The fraction of sp³-hybridized carbons (Fsp3) is 0.318. The average Bonchev–Trinajstić information content (AvgIpc) is 3.10. The summed E-state index contributed by atoms with van der Waals surface area (Å²) >= 11 is 4.79. The molecule has 1 amide bonds. The highest BCUT2D eigenvalue weighted by atomic mass is 79.9. The van der Waals surface area contributed by atoms with Gasteiger partial charge in [0.1, 0.15) is 22.4 Å². The van der Waals surface area contributed by atoms with Gasteiger partial charge >= 0.3 is 5.97 Å². The zero-order chi connectivity index (χ0) is 21.7. The van der Waals surface area contributed by atoms with Crippen LogP contribution in [0.2, 0.25) is 0 Å². The molecule has 1 aliphatic carbocycles. The maximum absolute atomic E-state index is 12.8. The Kier molecular flexibility index (Phi) is 7.29. The number of aryl methyl sites for hydroxylation is 1. The first-order valence-corrected chi connectivity index (χ1v) is 11.2. The van der Waals surface area contributed by atoms with E-state index in [1.807, 2.05) is 6.07 Å². The molecule has 0 atom stereocenters. The molecule has 1 N–H and O–H groups in total. The molecule has 8 heteroatoms. The van der Waals surface area contributed by atoms with Crippen molar-refractivity contribution < 1.29 is 19.1 Å².